The van der Waals surface area contributed by atoms with Gasteiger partial charge in [-0.1, -0.05) is 25.0 Å². The van der Waals surface area contributed by atoms with E-state index < -0.39 is 73.8 Å². The number of carbonyl (C=O) groups is 4. The number of pyridine rings is 1. The van der Waals surface area contributed by atoms with Gasteiger partial charge in [0.1, 0.15) is 40.8 Å². The molecule has 9 rings (SSSR count). The van der Waals surface area contributed by atoms with E-state index >= 15 is 0 Å². The number of rotatable bonds is 7. The highest BCUT2D eigenvalue weighted by molar-refractivity contribution is 7.91. The molecular formula is C42H53N5O10S. The zero-order chi connectivity index (χ0) is 40.5. The Bertz CT molecular complexity index is 2170. The number of methoxy groups -OCH3 is 1. The van der Waals surface area contributed by atoms with Crippen LogP contribution in [0.4, 0.5) is 4.79 Å². The lowest BCUT2D eigenvalue weighted by Gasteiger charge is -2.37. The molecule has 312 valence electrons. The first-order valence-electron chi connectivity index (χ1n) is 20.9. The van der Waals surface area contributed by atoms with Crippen LogP contribution in [-0.4, -0.2) is 103 Å². The molecule has 0 radical (unpaired) electrons. The van der Waals surface area contributed by atoms with E-state index in [0.717, 1.165) is 47.8 Å². The van der Waals surface area contributed by atoms with Crippen molar-refractivity contribution in [2.45, 2.75) is 137 Å². The summed E-state index contributed by atoms with van der Waals surface area (Å²) in [6.45, 7) is 2.44. The fourth-order valence-corrected chi connectivity index (χ4v) is 10.5. The number of carbonyl (C=O) groups excluding carboxylic acids is 4. The minimum Gasteiger partial charge on any atom is -0.497 e. The van der Waals surface area contributed by atoms with Crippen molar-refractivity contribution in [3.63, 3.8) is 0 Å². The Morgan fingerprint density at radius 2 is 1.88 bits per heavy atom. The lowest BCUT2D eigenvalue weighted by atomic mass is 9.86. The minimum atomic E-state index is -3.99. The maximum atomic E-state index is 14.9. The number of alkyl carbamates (subject to hydrolysis) is 1. The lowest BCUT2D eigenvalue weighted by Crippen LogP contribution is -2.58. The number of fused-ring (bicyclic) bond motifs is 5. The third-order valence-corrected chi connectivity index (χ3v) is 15.6. The van der Waals surface area contributed by atoms with Gasteiger partial charge in [0, 0.05) is 41.7 Å². The topological polar surface area (TPSA) is 192 Å². The van der Waals surface area contributed by atoms with Gasteiger partial charge in [0.25, 0.3) is 5.91 Å². The normalized spacial score (nSPS) is 32.3. The molecule has 5 fully saturated rings. The maximum absolute atomic E-state index is 14.9. The van der Waals surface area contributed by atoms with E-state index in [4.69, 9.17) is 23.9 Å². The molecule has 1 aromatic carbocycles. The van der Waals surface area contributed by atoms with Gasteiger partial charge < -0.3 is 34.5 Å². The molecule has 5 heterocycles. The summed E-state index contributed by atoms with van der Waals surface area (Å²) in [6, 6.07) is 3.75. The molecule has 1 unspecified atom stereocenters. The van der Waals surface area contributed by atoms with Crippen LogP contribution in [0.25, 0.3) is 10.9 Å². The Balaban J connectivity index is 1.05. The SMILES string of the molecule is COc1ccc2c3c(c(C4CC4)nc2c1)O[C@]1(CC3)C[C@H]2C(=O)N[C@]3(C(=O)NS(=O)(=O)C4(C)CC4)C[C@H]3/C=C\CCCCC[C@H](NC(=O)OC3CCOC3)C(=O)N2C1. The molecule has 3 N–H and O–H groups in total. The quantitative estimate of drug-likeness (QED) is 0.342. The van der Waals surface area contributed by atoms with Gasteiger partial charge in [-0.05, 0) is 83.3 Å². The molecule has 1 spiro atoms. The van der Waals surface area contributed by atoms with Crippen LogP contribution in [0, 0.1) is 5.92 Å². The van der Waals surface area contributed by atoms with Crippen LogP contribution in [-0.2, 0) is 40.3 Å². The van der Waals surface area contributed by atoms with Crippen molar-refractivity contribution < 1.29 is 46.5 Å². The summed E-state index contributed by atoms with van der Waals surface area (Å²) >= 11 is 0. The molecule has 6 atom stereocenters. The number of nitrogens with zero attached hydrogens (tertiary/aromatic N) is 2. The lowest BCUT2D eigenvalue weighted by molar-refractivity contribution is -0.141. The van der Waals surface area contributed by atoms with Gasteiger partial charge in [0.2, 0.25) is 21.8 Å². The summed E-state index contributed by atoms with van der Waals surface area (Å²) in [5.74, 6) is -0.587. The van der Waals surface area contributed by atoms with Gasteiger partial charge in [0.15, 0.2) is 0 Å². The number of aromatic nitrogens is 1. The summed E-state index contributed by atoms with van der Waals surface area (Å²) in [7, 11) is -2.37. The van der Waals surface area contributed by atoms with E-state index in [1.165, 1.54) is 4.90 Å². The van der Waals surface area contributed by atoms with Crippen LogP contribution in [0.1, 0.15) is 108 Å². The minimum absolute atomic E-state index is 0.0626. The van der Waals surface area contributed by atoms with Crippen molar-refractivity contribution >= 4 is 44.7 Å². The Kier molecular flexibility index (Phi) is 9.88. The van der Waals surface area contributed by atoms with E-state index in [0.29, 0.717) is 69.5 Å². The molecule has 15 nitrogen and oxygen atoms in total. The van der Waals surface area contributed by atoms with Crippen molar-refractivity contribution in [3.05, 3.63) is 41.6 Å². The van der Waals surface area contributed by atoms with Crippen LogP contribution in [0.2, 0.25) is 0 Å². The predicted molar refractivity (Wildman–Crippen MR) is 211 cm³/mol. The van der Waals surface area contributed by atoms with Crippen molar-refractivity contribution in [2.24, 2.45) is 5.92 Å². The number of allylic oxidation sites excluding steroid dienone is 1. The number of ether oxygens (including phenoxy) is 4. The average molecular weight is 820 g/mol. The van der Waals surface area contributed by atoms with Gasteiger partial charge >= 0.3 is 6.09 Å². The van der Waals surface area contributed by atoms with Crippen molar-refractivity contribution in [2.75, 3.05) is 26.9 Å². The van der Waals surface area contributed by atoms with Crippen LogP contribution in [0.5, 0.6) is 11.5 Å². The summed E-state index contributed by atoms with van der Waals surface area (Å²) in [4.78, 5) is 63.5. The summed E-state index contributed by atoms with van der Waals surface area (Å²) in [5.41, 5.74) is 0.238. The average Bonchev–Trinajstić information content (AvgIpc) is 4.17. The number of nitrogens with one attached hydrogen (secondary N) is 3. The summed E-state index contributed by atoms with van der Waals surface area (Å²) in [6.07, 6.45) is 10.8. The fourth-order valence-electron chi connectivity index (χ4n) is 9.23. The molecular weight excluding hydrogens is 767 g/mol. The zero-order valence-electron chi connectivity index (χ0n) is 33.2. The second-order valence-electron chi connectivity index (χ2n) is 17.7. The highest BCUT2D eigenvalue weighted by Crippen LogP contribution is 2.52. The molecule has 7 aliphatic rings. The van der Waals surface area contributed by atoms with Gasteiger partial charge in [-0.15, -0.1) is 0 Å². The molecule has 58 heavy (non-hydrogen) atoms. The molecule has 4 aliphatic heterocycles. The Labute approximate surface area is 338 Å². The fraction of sp³-hybridized carbons (Fsp3) is 0.643. The van der Waals surface area contributed by atoms with E-state index in [1.807, 2.05) is 30.4 Å². The summed E-state index contributed by atoms with van der Waals surface area (Å²) < 4.78 is 51.4. The van der Waals surface area contributed by atoms with E-state index in [-0.39, 0.29) is 31.9 Å². The molecule has 1 aromatic heterocycles. The van der Waals surface area contributed by atoms with Crippen molar-refractivity contribution in [1.82, 2.24) is 25.2 Å². The molecule has 16 heteroatoms. The van der Waals surface area contributed by atoms with Gasteiger partial charge in [0.05, 0.1) is 42.8 Å². The first-order chi connectivity index (χ1) is 27.8. The first-order valence-corrected chi connectivity index (χ1v) is 22.4. The van der Waals surface area contributed by atoms with Crippen LogP contribution >= 0.6 is 0 Å². The Morgan fingerprint density at radius 3 is 2.62 bits per heavy atom. The predicted octanol–water partition coefficient (Wildman–Crippen LogP) is 4.06. The third-order valence-electron chi connectivity index (χ3n) is 13.5. The second-order valence-corrected chi connectivity index (χ2v) is 19.9. The highest BCUT2D eigenvalue weighted by atomic mass is 32.2. The largest absolute Gasteiger partial charge is 0.497 e. The standard InChI is InChI=1S/C42H53N5O10S/c1-40(17-18-40)58(52,53)46-38(50)42-21-26(42)8-6-4-3-5-7-9-31(44-39(51)56-28-15-19-55-23-28)37(49)47-24-41(22-33(47)36(48)45-42)16-14-30-29-13-12-27(54-2)20-32(29)43-34(25-10-11-25)35(30)57-41/h6,8,12-13,20,25-26,28,31,33H,3-5,7,9-11,14-19,21-24H2,1-2H3,(H,44,51)(H,45,48)(H,46,50)/b8-6-/t26-,28?,31+,33+,41-,42-/m1/s1. The molecule has 3 aliphatic carbocycles. The number of sulfonamides is 1. The van der Waals surface area contributed by atoms with Crippen molar-refractivity contribution in [1.29, 1.82) is 0 Å². The molecule has 4 amide bonds. The smallest absolute Gasteiger partial charge is 0.408 e. The Morgan fingerprint density at radius 1 is 1.05 bits per heavy atom. The maximum Gasteiger partial charge on any atom is 0.408 e. The highest BCUT2D eigenvalue weighted by Gasteiger charge is 2.64. The van der Waals surface area contributed by atoms with E-state index in [1.54, 1.807) is 14.0 Å². The molecule has 3 saturated carbocycles. The van der Waals surface area contributed by atoms with Crippen LogP contribution < -0.4 is 24.8 Å². The number of aryl methyl sites for hydroxylation is 1. The van der Waals surface area contributed by atoms with Gasteiger partial charge in [-0.25, -0.2) is 18.2 Å². The monoisotopic (exact) mass is 819 g/mol. The van der Waals surface area contributed by atoms with Crippen molar-refractivity contribution in [3.8, 4) is 11.5 Å². The number of benzene rings is 1. The van der Waals surface area contributed by atoms with Crippen LogP contribution in [0.3, 0.4) is 0 Å². The molecule has 2 saturated heterocycles. The van der Waals surface area contributed by atoms with E-state index in [2.05, 4.69) is 15.4 Å². The number of amides is 4. The van der Waals surface area contributed by atoms with E-state index in [9.17, 15) is 27.6 Å². The third kappa shape index (κ3) is 7.28. The Hall–Kier alpha value is -4.44. The molecule has 2 aromatic rings. The first kappa shape index (κ1) is 39.0. The molecule has 0 bridgehead atoms. The van der Waals surface area contributed by atoms with Gasteiger partial charge in [-0.2, -0.15) is 0 Å². The van der Waals surface area contributed by atoms with Crippen LogP contribution in [0.15, 0.2) is 30.4 Å². The summed E-state index contributed by atoms with van der Waals surface area (Å²) in [5, 5.41) is 6.76. The number of hydrogen-bond acceptors (Lipinski definition) is 11. The zero-order valence-corrected chi connectivity index (χ0v) is 34.0. The second kappa shape index (κ2) is 14.7. The number of hydrogen-bond donors (Lipinski definition) is 3. The van der Waals surface area contributed by atoms with Gasteiger partial charge in [-0.3, -0.25) is 19.1 Å².